The topological polar surface area (TPSA) is 76.2 Å². The minimum Gasteiger partial charge on any atom is -0.497 e. The first-order valence-electron chi connectivity index (χ1n) is 9.24. The number of rotatable bonds is 9. The van der Waals surface area contributed by atoms with Gasteiger partial charge < -0.3 is 14.4 Å². The number of nitrogens with zero attached hydrogens (tertiary/aromatic N) is 2. The Morgan fingerprint density at radius 1 is 1.03 bits per heavy atom. The highest BCUT2D eigenvalue weighted by molar-refractivity contribution is 7.89. The zero-order valence-electron chi connectivity index (χ0n) is 17.5. The fourth-order valence-electron chi connectivity index (χ4n) is 2.89. The van der Waals surface area contributed by atoms with Crippen LogP contribution in [-0.2, 0) is 21.4 Å². The third kappa shape index (κ3) is 5.48. The fourth-order valence-corrected chi connectivity index (χ4v) is 4.38. The molecule has 0 aliphatic heterocycles. The number of carbonyl (C=O) groups is 1. The highest BCUT2D eigenvalue weighted by atomic mass is 32.2. The second kappa shape index (κ2) is 9.76. The number of ether oxygens (including phenoxy) is 2. The van der Waals surface area contributed by atoms with Gasteiger partial charge in [-0.25, -0.2) is 8.42 Å². The van der Waals surface area contributed by atoms with E-state index in [1.165, 1.54) is 22.4 Å². The summed E-state index contributed by atoms with van der Waals surface area (Å²) in [4.78, 5) is 14.3. The normalized spacial score (nSPS) is 11.4. The van der Waals surface area contributed by atoms with Gasteiger partial charge in [-0.05, 0) is 48.4 Å². The van der Waals surface area contributed by atoms with E-state index in [9.17, 15) is 13.2 Å². The Morgan fingerprint density at radius 3 is 2.21 bits per heavy atom. The molecule has 0 aromatic heterocycles. The van der Waals surface area contributed by atoms with Crippen LogP contribution < -0.4 is 9.47 Å². The summed E-state index contributed by atoms with van der Waals surface area (Å²) in [6.07, 6.45) is 0. The van der Waals surface area contributed by atoms with E-state index in [2.05, 4.69) is 0 Å². The molecule has 0 N–H and O–H groups in total. The number of amides is 1. The second-order valence-electron chi connectivity index (χ2n) is 6.66. The Kier molecular flexibility index (Phi) is 7.64. The van der Waals surface area contributed by atoms with E-state index in [0.29, 0.717) is 17.9 Å². The molecule has 2 rings (SSSR count). The molecule has 0 saturated heterocycles. The summed E-state index contributed by atoms with van der Waals surface area (Å²) in [7, 11) is 0.988. The summed E-state index contributed by atoms with van der Waals surface area (Å²) < 4.78 is 37.5. The van der Waals surface area contributed by atoms with Crippen molar-refractivity contribution in [3.8, 4) is 11.5 Å². The maximum absolute atomic E-state index is 13.0. The maximum atomic E-state index is 13.0. The van der Waals surface area contributed by atoms with Crippen molar-refractivity contribution in [3.05, 3.63) is 53.6 Å². The molecule has 0 radical (unpaired) electrons. The number of sulfonamides is 1. The van der Waals surface area contributed by atoms with Gasteiger partial charge >= 0.3 is 0 Å². The van der Waals surface area contributed by atoms with Crippen LogP contribution in [0.15, 0.2) is 47.4 Å². The summed E-state index contributed by atoms with van der Waals surface area (Å²) in [5.74, 6) is 1.07. The van der Waals surface area contributed by atoms with Crippen molar-refractivity contribution in [2.45, 2.75) is 25.3 Å². The van der Waals surface area contributed by atoms with Crippen LogP contribution in [0, 0.1) is 6.92 Å². The van der Waals surface area contributed by atoms with Crippen molar-refractivity contribution in [3.63, 3.8) is 0 Å². The first-order chi connectivity index (χ1) is 13.7. The van der Waals surface area contributed by atoms with Crippen molar-refractivity contribution in [2.75, 3.05) is 34.4 Å². The van der Waals surface area contributed by atoms with Crippen molar-refractivity contribution in [1.29, 1.82) is 0 Å². The van der Waals surface area contributed by atoms with Crippen LogP contribution in [0.3, 0.4) is 0 Å². The van der Waals surface area contributed by atoms with E-state index in [1.807, 2.05) is 24.3 Å². The van der Waals surface area contributed by atoms with Crippen LogP contribution >= 0.6 is 0 Å². The van der Waals surface area contributed by atoms with E-state index >= 15 is 0 Å². The molecule has 0 saturated carbocycles. The molecule has 0 spiro atoms. The molecule has 0 fully saturated rings. The Bertz CT molecular complexity index is 942. The summed E-state index contributed by atoms with van der Waals surface area (Å²) in [5, 5.41) is 0. The van der Waals surface area contributed by atoms with Gasteiger partial charge in [-0.1, -0.05) is 19.1 Å². The molecule has 2 aromatic carbocycles. The predicted molar refractivity (Wildman–Crippen MR) is 112 cm³/mol. The molecule has 7 nitrogen and oxygen atoms in total. The number of hydrogen-bond acceptors (Lipinski definition) is 5. The third-order valence-corrected chi connectivity index (χ3v) is 6.59. The molecule has 0 unspecified atom stereocenters. The van der Waals surface area contributed by atoms with E-state index in [-0.39, 0.29) is 23.9 Å². The average molecular weight is 421 g/mol. The summed E-state index contributed by atoms with van der Waals surface area (Å²) in [6.45, 7) is 3.83. The lowest BCUT2D eigenvalue weighted by atomic mass is 10.2. The standard InChI is InChI=1S/C21H28N2O5S/c1-6-23(29(25,26)19-11-12-20(28-5)16(2)13-19)15-21(24)22(3)14-17-7-9-18(27-4)10-8-17/h7-13H,6,14-15H2,1-5H3. The maximum Gasteiger partial charge on any atom is 0.243 e. The summed E-state index contributed by atoms with van der Waals surface area (Å²) in [5.41, 5.74) is 1.64. The van der Waals surface area contributed by atoms with Crippen molar-refractivity contribution in [1.82, 2.24) is 9.21 Å². The second-order valence-corrected chi connectivity index (χ2v) is 8.60. The molecule has 8 heteroatoms. The van der Waals surface area contributed by atoms with E-state index in [1.54, 1.807) is 40.1 Å². The van der Waals surface area contributed by atoms with Gasteiger partial charge in [-0.15, -0.1) is 0 Å². The quantitative estimate of drug-likeness (QED) is 0.623. The number of hydrogen-bond donors (Lipinski definition) is 0. The van der Waals surface area contributed by atoms with Gasteiger partial charge in [0.15, 0.2) is 0 Å². The predicted octanol–water partition coefficient (Wildman–Crippen LogP) is 2.68. The first-order valence-corrected chi connectivity index (χ1v) is 10.7. The number of carbonyl (C=O) groups excluding carboxylic acids is 1. The minimum atomic E-state index is -3.80. The van der Waals surface area contributed by atoms with Gasteiger partial charge in [0.1, 0.15) is 11.5 Å². The lowest BCUT2D eigenvalue weighted by molar-refractivity contribution is -0.130. The minimum absolute atomic E-state index is 0.142. The molecule has 2 aromatic rings. The number of benzene rings is 2. The van der Waals surface area contributed by atoms with Crippen LogP contribution in [0.25, 0.3) is 0 Å². The van der Waals surface area contributed by atoms with Gasteiger partial charge in [0.05, 0.1) is 25.7 Å². The van der Waals surface area contributed by atoms with Crippen LogP contribution in [0.5, 0.6) is 11.5 Å². The molecule has 1 amide bonds. The van der Waals surface area contributed by atoms with Crippen LogP contribution in [0.2, 0.25) is 0 Å². The van der Waals surface area contributed by atoms with Crippen LogP contribution in [0.4, 0.5) is 0 Å². The highest BCUT2D eigenvalue weighted by Crippen LogP contribution is 2.24. The monoisotopic (exact) mass is 420 g/mol. The van der Waals surface area contributed by atoms with E-state index in [0.717, 1.165) is 11.3 Å². The Morgan fingerprint density at radius 2 is 1.69 bits per heavy atom. The lowest BCUT2D eigenvalue weighted by Crippen LogP contribution is -2.41. The zero-order chi connectivity index (χ0) is 21.6. The molecule has 0 heterocycles. The molecular weight excluding hydrogens is 392 g/mol. The zero-order valence-corrected chi connectivity index (χ0v) is 18.3. The Balaban J connectivity index is 2.12. The number of methoxy groups -OCH3 is 2. The molecule has 158 valence electrons. The van der Waals surface area contributed by atoms with Gasteiger partial charge in [0.25, 0.3) is 0 Å². The van der Waals surface area contributed by atoms with Crippen LogP contribution in [-0.4, -0.2) is 57.9 Å². The highest BCUT2D eigenvalue weighted by Gasteiger charge is 2.27. The number of aryl methyl sites for hydroxylation is 1. The summed E-state index contributed by atoms with van der Waals surface area (Å²) >= 11 is 0. The van der Waals surface area contributed by atoms with Gasteiger partial charge in [-0.3, -0.25) is 4.79 Å². The lowest BCUT2D eigenvalue weighted by Gasteiger charge is -2.24. The third-order valence-electron chi connectivity index (χ3n) is 4.67. The number of likely N-dealkylation sites (N-methyl/N-ethyl adjacent to an activating group) is 2. The van der Waals surface area contributed by atoms with Crippen LogP contribution in [0.1, 0.15) is 18.1 Å². The van der Waals surface area contributed by atoms with E-state index < -0.39 is 10.0 Å². The largest absolute Gasteiger partial charge is 0.497 e. The van der Waals surface area contributed by atoms with E-state index in [4.69, 9.17) is 9.47 Å². The van der Waals surface area contributed by atoms with Gasteiger partial charge in [0, 0.05) is 20.1 Å². The van der Waals surface area contributed by atoms with Gasteiger partial charge in [0.2, 0.25) is 15.9 Å². The smallest absolute Gasteiger partial charge is 0.243 e. The summed E-state index contributed by atoms with van der Waals surface area (Å²) in [6, 6.07) is 12.1. The van der Waals surface area contributed by atoms with Crippen molar-refractivity contribution < 1.29 is 22.7 Å². The molecule has 0 aliphatic carbocycles. The van der Waals surface area contributed by atoms with Crippen molar-refractivity contribution >= 4 is 15.9 Å². The van der Waals surface area contributed by atoms with Gasteiger partial charge in [-0.2, -0.15) is 4.31 Å². The molecule has 0 aliphatic rings. The molecular formula is C21H28N2O5S. The molecule has 29 heavy (non-hydrogen) atoms. The average Bonchev–Trinajstić information content (AvgIpc) is 2.71. The SMILES string of the molecule is CCN(CC(=O)N(C)Cc1ccc(OC)cc1)S(=O)(=O)c1ccc(OC)c(C)c1. The Hall–Kier alpha value is -2.58. The molecule has 0 atom stereocenters. The first kappa shape index (κ1) is 22.7. The fraction of sp³-hybridized carbons (Fsp3) is 0.381. The molecule has 0 bridgehead atoms. The van der Waals surface area contributed by atoms with Crippen molar-refractivity contribution in [2.24, 2.45) is 0 Å². The Labute approximate surface area is 172 Å².